The van der Waals surface area contributed by atoms with Gasteiger partial charge in [0.25, 0.3) is 0 Å². The van der Waals surface area contributed by atoms with E-state index in [1.54, 1.807) is 16.7 Å². The summed E-state index contributed by atoms with van der Waals surface area (Å²) in [6, 6.07) is 5.29. The van der Waals surface area contributed by atoms with Crippen LogP contribution in [0.4, 0.5) is 30.7 Å². The van der Waals surface area contributed by atoms with Gasteiger partial charge in [0.1, 0.15) is 5.82 Å². The molecule has 2 aromatic rings. The molecule has 240 valence electrons. The molecular weight excluding hydrogens is 595 g/mol. The third-order valence-corrected chi connectivity index (χ3v) is 8.53. The molecule has 2 saturated heterocycles. The summed E-state index contributed by atoms with van der Waals surface area (Å²) in [7, 11) is 1.31. The van der Waals surface area contributed by atoms with Crippen LogP contribution in [0.3, 0.4) is 0 Å². The molecule has 0 radical (unpaired) electrons. The second-order valence-electron chi connectivity index (χ2n) is 11.7. The van der Waals surface area contributed by atoms with E-state index < -0.39 is 59.5 Å². The Hall–Kier alpha value is -3.64. The van der Waals surface area contributed by atoms with E-state index in [2.05, 4.69) is 0 Å². The first-order valence-corrected chi connectivity index (χ1v) is 14.3. The van der Waals surface area contributed by atoms with E-state index in [1.165, 1.54) is 32.2 Å². The molecule has 0 N–H and O–H groups in total. The van der Waals surface area contributed by atoms with Crippen LogP contribution < -0.4 is 0 Å². The predicted molar refractivity (Wildman–Crippen MR) is 146 cm³/mol. The van der Waals surface area contributed by atoms with Crippen molar-refractivity contribution in [1.82, 2.24) is 14.7 Å². The quantitative estimate of drug-likeness (QED) is 0.380. The van der Waals surface area contributed by atoms with Crippen LogP contribution in [0.25, 0.3) is 0 Å². The molecule has 2 aliphatic heterocycles. The smallest absolute Gasteiger partial charge is 0.342 e. The van der Waals surface area contributed by atoms with E-state index in [4.69, 9.17) is 0 Å². The molecule has 44 heavy (non-hydrogen) atoms. The fourth-order valence-corrected chi connectivity index (χ4v) is 6.29. The first-order valence-electron chi connectivity index (χ1n) is 14.3. The van der Waals surface area contributed by atoms with E-state index >= 15 is 0 Å². The van der Waals surface area contributed by atoms with E-state index in [-0.39, 0.29) is 49.5 Å². The number of carbonyl (C=O) groups is 3. The largest absolute Gasteiger partial charge is 0.416 e. The van der Waals surface area contributed by atoms with Crippen molar-refractivity contribution in [2.75, 3.05) is 33.2 Å². The predicted octanol–water partition coefficient (Wildman–Crippen LogP) is 6.02. The van der Waals surface area contributed by atoms with Gasteiger partial charge in [0.05, 0.1) is 17.0 Å². The maximum atomic E-state index is 14.0. The Kier molecular flexibility index (Phi) is 9.65. The van der Waals surface area contributed by atoms with Gasteiger partial charge < -0.3 is 14.7 Å². The molecule has 2 aliphatic rings. The van der Waals surface area contributed by atoms with Crippen LogP contribution in [0.5, 0.6) is 0 Å². The fraction of sp³-hybridized carbons (Fsp3) is 0.516. The summed E-state index contributed by atoms with van der Waals surface area (Å²) in [5.74, 6) is -3.10. The van der Waals surface area contributed by atoms with Crippen LogP contribution in [0, 0.1) is 24.6 Å². The van der Waals surface area contributed by atoms with Crippen molar-refractivity contribution in [2.45, 2.75) is 57.9 Å². The number of aryl methyl sites for hydroxylation is 1. The summed E-state index contributed by atoms with van der Waals surface area (Å²) in [5.41, 5.74) is -2.12. The van der Waals surface area contributed by atoms with E-state index in [9.17, 15) is 45.1 Å². The van der Waals surface area contributed by atoms with Crippen molar-refractivity contribution in [3.63, 3.8) is 0 Å². The van der Waals surface area contributed by atoms with Crippen LogP contribution in [0.1, 0.15) is 59.9 Å². The molecule has 13 heteroatoms. The van der Waals surface area contributed by atoms with Gasteiger partial charge in [-0.2, -0.15) is 26.3 Å². The molecule has 0 aliphatic carbocycles. The Labute approximate surface area is 250 Å². The summed E-state index contributed by atoms with van der Waals surface area (Å²) < 4.78 is 94.4. The Morgan fingerprint density at radius 2 is 1.52 bits per heavy atom. The van der Waals surface area contributed by atoms with Gasteiger partial charge in [-0.25, -0.2) is 4.39 Å². The van der Waals surface area contributed by atoms with Gasteiger partial charge in [-0.05, 0) is 73.2 Å². The lowest BCUT2D eigenvalue weighted by atomic mass is 9.77. The topological polar surface area (TPSA) is 60.9 Å². The minimum Gasteiger partial charge on any atom is -0.342 e. The lowest BCUT2D eigenvalue weighted by Crippen LogP contribution is -2.51. The van der Waals surface area contributed by atoms with Crippen molar-refractivity contribution < 1.29 is 45.1 Å². The lowest BCUT2D eigenvalue weighted by molar-refractivity contribution is -0.146. The Morgan fingerprint density at radius 1 is 0.886 bits per heavy atom. The number of rotatable bonds is 5. The number of hydrogen-bond donors (Lipinski definition) is 0. The van der Waals surface area contributed by atoms with E-state index in [0.29, 0.717) is 42.6 Å². The Morgan fingerprint density at radius 3 is 2.09 bits per heavy atom. The maximum Gasteiger partial charge on any atom is 0.416 e. The highest BCUT2D eigenvalue weighted by atomic mass is 19.4. The second kappa shape index (κ2) is 12.8. The average Bonchev–Trinajstić information content (AvgIpc) is 2.95. The highest BCUT2D eigenvalue weighted by Crippen LogP contribution is 2.39. The molecule has 0 bridgehead atoms. The number of piperidine rings is 2. The minimum atomic E-state index is -5.02. The maximum absolute atomic E-state index is 14.0. The molecule has 6 nitrogen and oxygen atoms in total. The molecule has 4 rings (SSSR count). The van der Waals surface area contributed by atoms with Gasteiger partial charge in [-0.3, -0.25) is 14.4 Å². The summed E-state index contributed by atoms with van der Waals surface area (Å²) in [4.78, 5) is 43.6. The fourth-order valence-electron chi connectivity index (χ4n) is 6.29. The van der Waals surface area contributed by atoms with E-state index in [1.807, 2.05) is 0 Å². The third kappa shape index (κ3) is 7.52. The van der Waals surface area contributed by atoms with Crippen molar-refractivity contribution in [2.24, 2.45) is 11.8 Å². The van der Waals surface area contributed by atoms with Crippen molar-refractivity contribution in [1.29, 1.82) is 0 Å². The molecule has 0 aromatic heterocycles. The van der Waals surface area contributed by atoms with Gasteiger partial charge >= 0.3 is 12.4 Å². The molecule has 3 unspecified atom stereocenters. The van der Waals surface area contributed by atoms with Gasteiger partial charge in [-0.15, -0.1) is 0 Å². The number of benzene rings is 2. The van der Waals surface area contributed by atoms with Crippen molar-refractivity contribution in [3.05, 3.63) is 70.0 Å². The molecule has 2 aromatic carbocycles. The van der Waals surface area contributed by atoms with Crippen LogP contribution in [0.2, 0.25) is 0 Å². The molecule has 2 heterocycles. The number of nitrogens with zero attached hydrogens (tertiary/aromatic N) is 3. The summed E-state index contributed by atoms with van der Waals surface area (Å²) >= 11 is 0. The molecule has 2 fully saturated rings. The van der Waals surface area contributed by atoms with Gasteiger partial charge in [0, 0.05) is 58.5 Å². The zero-order valence-corrected chi connectivity index (χ0v) is 24.6. The van der Waals surface area contributed by atoms with Gasteiger partial charge in [0.15, 0.2) is 0 Å². The highest BCUT2D eigenvalue weighted by Gasteiger charge is 2.41. The van der Waals surface area contributed by atoms with Crippen LogP contribution in [0.15, 0.2) is 36.4 Å². The lowest BCUT2D eigenvalue weighted by Gasteiger charge is -2.42. The van der Waals surface area contributed by atoms with Crippen molar-refractivity contribution >= 4 is 17.7 Å². The van der Waals surface area contributed by atoms with Crippen molar-refractivity contribution in [3.8, 4) is 0 Å². The number of halogens is 7. The van der Waals surface area contributed by atoms with E-state index in [0.717, 1.165) is 4.90 Å². The Bertz CT molecular complexity index is 1380. The normalized spacial score (nSPS) is 21.3. The summed E-state index contributed by atoms with van der Waals surface area (Å²) in [6.45, 7) is 3.74. The summed E-state index contributed by atoms with van der Waals surface area (Å²) in [5, 5.41) is 0. The second-order valence-corrected chi connectivity index (χ2v) is 11.7. The zero-order valence-electron chi connectivity index (χ0n) is 24.6. The van der Waals surface area contributed by atoms with Crippen LogP contribution in [-0.2, 0) is 33.3 Å². The molecular formula is C31H34F7N3O3. The zero-order chi connectivity index (χ0) is 32.6. The molecule has 3 atom stereocenters. The Balaban J connectivity index is 1.60. The van der Waals surface area contributed by atoms with Crippen LogP contribution >= 0.6 is 0 Å². The number of hydrogen-bond acceptors (Lipinski definition) is 3. The first kappa shape index (κ1) is 33.3. The standard InChI is InChI=1S/C31H34F7N3O3/c1-18-11-24(32)6-7-25(18)27-17-41(28(43)21-5-4-9-40(16-21)19(2)42)10-8-26(27)29(44)39(3)15-20-12-22(30(33,34)35)14-23(13-20)31(36,37)38/h6-7,11-14,21,26-27H,4-5,8-10,15-17H2,1-3H3. The minimum absolute atomic E-state index is 0.0351. The number of amides is 3. The highest BCUT2D eigenvalue weighted by molar-refractivity contribution is 5.83. The SMILES string of the molecule is CC(=O)N1CCCC(C(=O)N2CCC(C(=O)N(C)Cc3cc(C(F)(F)F)cc(C(F)(F)F)c3)C(c3ccc(F)cc3C)C2)C1. The molecule has 3 amide bonds. The summed E-state index contributed by atoms with van der Waals surface area (Å²) in [6.07, 6.45) is -8.61. The van der Waals surface area contributed by atoms with Gasteiger partial charge in [-0.1, -0.05) is 6.07 Å². The number of likely N-dealkylation sites (tertiary alicyclic amines) is 2. The first-order chi connectivity index (χ1) is 20.5. The molecule has 0 saturated carbocycles. The third-order valence-electron chi connectivity index (χ3n) is 8.53. The van der Waals surface area contributed by atoms with Gasteiger partial charge in [0.2, 0.25) is 17.7 Å². The number of alkyl halides is 6. The number of carbonyl (C=O) groups excluding carboxylic acids is 3. The monoisotopic (exact) mass is 629 g/mol. The average molecular weight is 630 g/mol. The van der Waals surface area contributed by atoms with Crippen LogP contribution in [-0.4, -0.2) is 65.6 Å². The molecule has 0 spiro atoms.